The summed E-state index contributed by atoms with van der Waals surface area (Å²) in [6, 6.07) is 14.3. The van der Waals surface area contributed by atoms with E-state index in [4.69, 9.17) is 18.9 Å². The Morgan fingerprint density at radius 2 is 1.85 bits per heavy atom. The molecule has 1 saturated heterocycles. The van der Waals surface area contributed by atoms with Crippen LogP contribution in [0, 0.1) is 11.3 Å². The number of nitriles is 1. The van der Waals surface area contributed by atoms with Gasteiger partial charge in [-0.3, -0.25) is 4.79 Å². The molecule has 0 bridgehead atoms. The third-order valence-electron chi connectivity index (χ3n) is 5.26. The molecular formula is C26H28N2O6. The molecule has 0 aliphatic carbocycles. The van der Waals surface area contributed by atoms with Crippen LogP contribution in [0.4, 0.5) is 0 Å². The lowest BCUT2D eigenvalue weighted by Crippen LogP contribution is -2.41. The van der Waals surface area contributed by atoms with Crippen molar-refractivity contribution >= 4 is 18.0 Å². The van der Waals surface area contributed by atoms with Crippen molar-refractivity contribution in [2.75, 3.05) is 40.0 Å². The fourth-order valence-electron chi connectivity index (χ4n) is 3.48. The predicted octanol–water partition coefficient (Wildman–Crippen LogP) is 3.57. The lowest BCUT2D eigenvalue weighted by atomic mass is 10.0. The Kier molecular flexibility index (Phi) is 8.66. The molecule has 1 heterocycles. The lowest BCUT2D eigenvalue weighted by molar-refractivity contribution is -0.136. The minimum absolute atomic E-state index is 0.00548. The first kappa shape index (κ1) is 24.8. The normalized spacial score (nSPS) is 13.9. The molecule has 0 unspecified atom stereocenters. The molecule has 0 radical (unpaired) electrons. The molecule has 1 amide bonds. The van der Waals surface area contributed by atoms with Crippen molar-refractivity contribution in [2.24, 2.45) is 0 Å². The van der Waals surface area contributed by atoms with Crippen LogP contribution < -0.4 is 14.2 Å². The molecule has 34 heavy (non-hydrogen) atoms. The zero-order valence-electron chi connectivity index (χ0n) is 19.6. The van der Waals surface area contributed by atoms with Gasteiger partial charge in [-0.25, -0.2) is 4.79 Å². The number of rotatable bonds is 8. The second-order valence-corrected chi connectivity index (χ2v) is 7.94. The summed E-state index contributed by atoms with van der Waals surface area (Å²) >= 11 is 0. The minimum Gasteiger partial charge on any atom is -0.493 e. The van der Waals surface area contributed by atoms with Crippen LogP contribution in [-0.2, 0) is 14.3 Å². The summed E-state index contributed by atoms with van der Waals surface area (Å²) in [6.45, 7) is 5.62. The van der Waals surface area contributed by atoms with Gasteiger partial charge < -0.3 is 23.8 Å². The first-order valence-electron chi connectivity index (χ1n) is 11.0. The molecule has 0 saturated carbocycles. The van der Waals surface area contributed by atoms with Crippen molar-refractivity contribution in [3.05, 3.63) is 59.2 Å². The van der Waals surface area contributed by atoms with Crippen molar-refractivity contribution in [3.63, 3.8) is 0 Å². The van der Waals surface area contributed by atoms with E-state index in [1.54, 1.807) is 23.1 Å². The molecule has 2 aromatic rings. The van der Waals surface area contributed by atoms with E-state index in [-0.39, 0.29) is 29.8 Å². The molecule has 1 fully saturated rings. The van der Waals surface area contributed by atoms with Gasteiger partial charge in [0.1, 0.15) is 17.4 Å². The summed E-state index contributed by atoms with van der Waals surface area (Å²) in [7, 11) is 1.44. The summed E-state index contributed by atoms with van der Waals surface area (Å²) in [6.07, 6.45) is 1.48. The maximum atomic E-state index is 12.6. The van der Waals surface area contributed by atoms with Gasteiger partial charge in [-0.1, -0.05) is 38.1 Å². The van der Waals surface area contributed by atoms with Crippen molar-refractivity contribution in [1.82, 2.24) is 4.90 Å². The SMILES string of the molecule is COc1cc(/C=C(\C#N)C(=O)N2CCOCC2)ccc1OC(=O)COc1ccccc1C(C)C. The molecule has 2 aromatic carbocycles. The Bertz CT molecular complexity index is 1100. The Morgan fingerprint density at radius 3 is 2.53 bits per heavy atom. The molecular weight excluding hydrogens is 436 g/mol. The monoisotopic (exact) mass is 464 g/mol. The van der Waals surface area contributed by atoms with E-state index in [0.717, 1.165) is 5.56 Å². The number of carbonyl (C=O) groups is 2. The first-order chi connectivity index (χ1) is 16.4. The van der Waals surface area contributed by atoms with Gasteiger partial charge in [-0.15, -0.1) is 0 Å². The van der Waals surface area contributed by atoms with Crippen LogP contribution in [0.15, 0.2) is 48.0 Å². The number of esters is 1. The van der Waals surface area contributed by atoms with Crippen molar-refractivity contribution in [3.8, 4) is 23.3 Å². The molecule has 0 atom stereocenters. The van der Waals surface area contributed by atoms with E-state index < -0.39 is 5.97 Å². The Labute approximate surface area is 199 Å². The van der Waals surface area contributed by atoms with Gasteiger partial charge in [0.05, 0.1) is 20.3 Å². The standard InChI is InChI=1S/C26H28N2O6/c1-18(2)21-6-4-5-7-22(21)33-17-25(29)34-23-9-8-19(15-24(23)31-3)14-20(16-27)26(30)28-10-12-32-13-11-28/h4-9,14-15,18H,10-13,17H2,1-3H3/b20-14+. The topological polar surface area (TPSA) is 98.1 Å². The van der Waals surface area contributed by atoms with Crippen LogP contribution in [0.2, 0.25) is 0 Å². The summed E-state index contributed by atoms with van der Waals surface area (Å²) in [5.41, 5.74) is 1.58. The van der Waals surface area contributed by atoms with E-state index >= 15 is 0 Å². The number of nitrogens with zero attached hydrogens (tertiary/aromatic N) is 2. The second kappa shape index (κ2) is 11.9. The van der Waals surface area contributed by atoms with E-state index in [0.29, 0.717) is 43.4 Å². The maximum absolute atomic E-state index is 12.6. The van der Waals surface area contributed by atoms with Crippen LogP contribution >= 0.6 is 0 Å². The summed E-state index contributed by atoms with van der Waals surface area (Å²) in [4.78, 5) is 26.6. The number of methoxy groups -OCH3 is 1. The van der Waals surface area contributed by atoms with Crippen LogP contribution in [0.3, 0.4) is 0 Å². The van der Waals surface area contributed by atoms with Gasteiger partial charge in [0.25, 0.3) is 5.91 Å². The second-order valence-electron chi connectivity index (χ2n) is 7.94. The van der Waals surface area contributed by atoms with Gasteiger partial charge in [0.15, 0.2) is 18.1 Å². The highest BCUT2D eigenvalue weighted by Gasteiger charge is 2.21. The quantitative estimate of drug-likeness (QED) is 0.255. The number of carbonyl (C=O) groups excluding carboxylic acids is 2. The third-order valence-corrected chi connectivity index (χ3v) is 5.26. The largest absolute Gasteiger partial charge is 0.493 e. The molecule has 0 aromatic heterocycles. The molecule has 0 N–H and O–H groups in total. The molecule has 178 valence electrons. The zero-order valence-corrected chi connectivity index (χ0v) is 19.6. The van der Waals surface area contributed by atoms with Crippen LogP contribution in [0.1, 0.15) is 30.9 Å². The molecule has 1 aliphatic heterocycles. The Morgan fingerprint density at radius 1 is 1.12 bits per heavy atom. The Balaban J connectivity index is 1.68. The number of hydrogen-bond acceptors (Lipinski definition) is 7. The fraction of sp³-hybridized carbons (Fsp3) is 0.346. The summed E-state index contributed by atoms with van der Waals surface area (Å²) < 4.78 is 21.7. The molecule has 1 aliphatic rings. The Hall–Kier alpha value is -3.83. The van der Waals surface area contributed by atoms with Gasteiger partial charge in [-0.05, 0) is 41.3 Å². The van der Waals surface area contributed by atoms with Gasteiger partial charge in [-0.2, -0.15) is 5.26 Å². The number of para-hydroxylation sites is 1. The minimum atomic E-state index is -0.583. The predicted molar refractivity (Wildman–Crippen MR) is 126 cm³/mol. The van der Waals surface area contributed by atoms with Crippen molar-refractivity contribution in [1.29, 1.82) is 5.26 Å². The fourth-order valence-corrected chi connectivity index (χ4v) is 3.48. The van der Waals surface area contributed by atoms with Gasteiger partial charge in [0.2, 0.25) is 0 Å². The lowest BCUT2D eigenvalue weighted by Gasteiger charge is -2.26. The van der Waals surface area contributed by atoms with E-state index in [2.05, 4.69) is 0 Å². The number of hydrogen-bond donors (Lipinski definition) is 0. The van der Waals surface area contributed by atoms with E-state index in [1.165, 1.54) is 13.2 Å². The molecule has 3 rings (SSSR count). The number of morpholine rings is 1. The highest BCUT2D eigenvalue weighted by Crippen LogP contribution is 2.30. The summed E-state index contributed by atoms with van der Waals surface area (Å²) in [5, 5.41) is 9.48. The molecule has 0 spiro atoms. The van der Waals surface area contributed by atoms with Crippen LogP contribution in [-0.4, -0.2) is 56.8 Å². The summed E-state index contributed by atoms with van der Waals surface area (Å²) in [5.74, 6) is 0.459. The van der Waals surface area contributed by atoms with Gasteiger partial charge in [0, 0.05) is 13.1 Å². The smallest absolute Gasteiger partial charge is 0.349 e. The van der Waals surface area contributed by atoms with Crippen LogP contribution in [0.25, 0.3) is 6.08 Å². The highest BCUT2D eigenvalue weighted by molar-refractivity contribution is 6.01. The molecule has 8 heteroatoms. The average molecular weight is 465 g/mol. The molecule has 8 nitrogen and oxygen atoms in total. The maximum Gasteiger partial charge on any atom is 0.349 e. The zero-order chi connectivity index (χ0) is 24.5. The number of ether oxygens (including phenoxy) is 4. The number of benzene rings is 2. The average Bonchev–Trinajstić information content (AvgIpc) is 2.87. The first-order valence-corrected chi connectivity index (χ1v) is 11.0. The third kappa shape index (κ3) is 6.36. The van der Waals surface area contributed by atoms with E-state index in [1.807, 2.05) is 44.2 Å². The van der Waals surface area contributed by atoms with E-state index in [9.17, 15) is 14.9 Å². The number of amides is 1. The highest BCUT2D eigenvalue weighted by atomic mass is 16.6. The van der Waals surface area contributed by atoms with Crippen molar-refractivity contribution < 1.29 is 28.5 Å². The van der Waals surface area contributed by atoms with Crippen LogP contribution in [0.5, 0.6) is 17.2 Å². The van der Waals surface area contributed by atoms with Crippen molar-refractivity contribution in [2.45, 2.75) is 19.8 Å². The van der Waals surface area contributed by atoms with Gasteiger partial charge >= 0.3 is 5.97 Å².